The number of rotatable bonds is 5. The van der Waals surface area contributed by atoms with Gasteiger partial charge in [-0.15, -0.1) is 0 Å². The average molecular weight is 340 g/mol. The van der Waals surface area contributed by atoms with E-state index in [9.17, 15) is 14.4 Å². The van der Waals surface area contributed by atoms with Gasteiger partial charge in [0.2, 0.25) is 11.8 Å². The number of likely N-dealkylation sites (tertiary alicyclic amines) is 1. The number of hydrogen-bond donors (Lipinski definition) is 2. The molecule has 1 aliphatic rings. The van der Waals surface area contributed by atoms with E-state index in [2.05, 4.69) is 5.32 Å². The van der Waals surface area contributed by atoms with Crippen molar-refractivity contribution in [3.8, 4) is 0 Å². The predicted octanol–water partition coefficient (Wildman–Crippen LogP) is 1.43. The van der Waals surface area contributed by atoms with Crippen LogP contribution in [-0.4, -0.2) is 47.4 Å². The van der Waals surface area contributed by atoms with Crippen molar-refractivity contribution >= 4 is 28.6 Å². The van der Waals surface area contributed by atoms with Gasteiger partial charge in [0.25, 0.3) is 0 Å². The summed E-state index contributed by atoms with van der Waals surface area (Å²) in [5.74, 6) is -1.85. The Morgan fingerprint density at radius 2 is 1.88 bits per heavy atom. The minimum Gasteiger partial charge on any atom is -0.481 e. The van der Waals surface area contributed by atoms with E-state index in [-0.39, 0.29) is 31.3 Å². The van der Waals surface area contributed by atoms with Crippen molar-refractivity contribution in [3.63, 3.8) is 0 Å². The summed E-state index contributed by atoms with van der Waals surface area (Å²) in [6.07, 6.45) is 0.664. The third-order valence-electron chi connectivity index (χ3n) is 4.56. The topological polar surface area (TPSA) is 86.7 Å². The molecule has 2 aromatic rings. The van der Waals surface area contributed by atoms with Gasteiger partial charge in [0.15, 0.2) is 0 Å². The number of amides is 2. The maximum atomic E-state index is 12.2. The molecule has 0 radical (unpaired) electrons. The van der Waals surface area contributed by atoms with Crippen LogP contribution in [0.25, 0.3) is 10.8 Å². The van der Waals surface area contributed by atoms with Gasteiger partial charge >= 0.3 is 5.97 Å². The summed E-state index contributed by atoms with van der Waals surface area (Å²) in [5.41, 5.74) is 0.912. The zero-order valence-electron chi connectivity index (χ0n) is 13.8. The second kappa shape index (κ2) is 7.34. The molecule has 0 aromatic heterocycles. The van der Waals surface area contributed by atoms with Crippen LogP contribution in [0.1, 0.15) is 12.0 Å². The molecule has 1 saturated heterocycles. The van der Waals surface area contributed by atoms with E-state index in [0.717, 1.165) is 16.3 Å². The Labute approximate surface area is 145 Å². The molecule has 2 amide bonds. The molecule has 2 N–H and O–H groups in total. The number of nitrogens with one attached hydrogen (secondary N) is 1. The summed E-state index contributed by atoms with van der Waals surface area (Å²) in [6, 6.07) is 13.7. The normalized spacial score (nSPS) is 16.8. The zero-order valence-corrected chi connectivity index (χ0v) is 13.8. The summed E-state index contributed by atoms with van der Waals surface area (Å²) in [6.45, 7) is 0.540. The van der Waals surface area contributed by atoms with Gasteiger partial charge in [0.1, 0.15) is 0 Å². The van der Waals surface area contributed by atoms with Gasteiger partial charge in [-0.05, 0) is 22.8 Å². The van der Waals surface area contributed by atoms with E-state index < -0.39 is 11.9 Å². The van der Waals surface area contributed by atoms with E-state index in [1.807, 2.05) is 42.5 Å². The average Bonchev–Trinajstić information content (AvgIpc) is 3.10. The largest absolute Gasteiger partial charge is 0.481 e. The highest BCUT2D eigenvalue weighted by atomic mass is 16.4. The highest BCUT2D eigenvalue weighted by Crippen LogP contribution is 2.19. The molecule has 1 heterocycles. The first-order chi connectivity index (χ1) is 12.0. The number of carboxylic acid groups (broad SMARTS) is 1. The van der Waals surface area contributed by atoms with Crippen LogP contribution in [0.4, 0.5) is 0 Å². The molecule has 1 fully saturated rings. The van der Waals surface area contributed by atoms with E-state index in [1.54, 1.807) is 0 Å². The zero-order chi connectivity index (χ0) is 17.8. The second-order valence-corrected chi connectivity index (χ2v) is 6.26. The molecule has 6 nitrogen and oxygen atoms in total. The maximum absolute atomic E-state index is 12.2. The third-order valence-corrected chi connectivity index (χ3v) is 4.56. The molecule has 3 rings (SSSR count). The second-order valence-electron chi connectivity index (χ2n) is 6.26. The van der Waals surface area contributed by atoms with Crippen LogP contribution >= 0.6 is 0 Å². The molecule has 0 saturated carbocycles. The van der Waals surface area contributed by atoms with Crippen molar-refractivity contribution in [1.82, 2.24) is 10.2 Å². The van der Waals surface area contributed by atoms with Crippen molar-refractivity contribution in [2.75, 3.05) is 19.6 Å². The number of hydrogen-bond acceptors (Lipinski definition) is 3. The van der Waals surface area contributed by atoms with Gasteiger partial charge in [-0.3, -0.25) is 14.4 Å². The first-order valence-corrected chi connectivity index (χ1v) is 8.28. The van der Waals surface area contributed by atoms with Gasteiger partial charge in [-0.25, -0.2) is 0 Å². The minimum absolute atomic E-state index is 0.101. The van der Waals surface area contributed by atoms with Crippen LogP contribution < -0.4 is 5.32 Å². The van der Waals surface area contributed by atoms with Crippen LogP contribution in [0, 0.1) is 5.92 Å². The van der Waals surface area contributed by atoms with E-state index >= 15 is 0 Å². The number of nitrogens with zero attached hydrogens (tertiary/aromatic N) is 1. The molecule has 130 valence electrons. The first kappa shape index (κ1) is 17.0. The van der Waals surface area contributed by atoms with E-state index in [4.69, 9.17) is 5.11 Å². The smallest absolute Gasteiger partial charge is 0.308 e. The number of benzene rings is 2. The lowest BCUT2D eigenvalue weighted by molar-refractivity contribution is -0.141. The highest BCUT2D eigenvalue weighted by molar-refractivity contribution is 5.91. The lowest BCUT2D eigenvalue weighted by Crippen LogP contribution is -2.39. The van der Waals surface area contributed by atoms with Crippen LogP contribution in [0.5, 0.6) is 0 Å². The Kier molecular flexibility index (Phi) is 4.97. The molecule has 1 unspecified atom stereocenters. The Bertz CT molecular complexity index is 813. The van der Waals surface area contributed by atoms with Gasteiger partial charge in [-0.2, -0.15) is 0 Å². The Morgan fingerprint density at radius 3 is 2.64 bits per heavy atom. The van der Waals surface area contributed by atoms with Crippen LogP contribution in [0.15, 0.2) is 42.5 Å². The van der Waals surface area contributed by atoms with Crippen LogP contribution in [-0.2, 0) is 20.8 Å². The molecule has 1 aliphatic heterocycles. The van der Waals surface area contributed by atoms with E-state index in [1.165, 1.54) is 4.90 Å². The highest BCUT2D eigenvalue weighted by Gasteiger charge is 2.30. The number of carboxylic acids is 1. The van der Waals surface area contributed by atoms with Crippen LogP contribution in [0.3, 0.4) is 0 Å². The summed E-state index contributed by atoms with van der Waals surface area (Å²) >= 11 is 0. The summed E-state index contributed by atoms with van der Waals surface area (Å²) in [5, 5.41) is 13.7. The van der Waals surface area contributed by atoms with Crippen LogP contribution in [0.2, 0.25) is 0 Å². The summed E-state index contributed by atoms with van der Waals surface area (Å²) in [7, 11) is 0. The molecule has 1 atom stereocenters. The number of carbonyl (C=O) groups excluding carboxylic acids is 2. The van der Waals surface area contributed by atoms with Crippen molar-refractivity contribution in [2.45, 2.75) is 12.8 Å². The molecule has 0 aliphatic carbocycles. The first-order valence-electron chi connectivity index (χ1n) is 8.28. The van der Waals surface area contributed by atoms with Gasteiger partial charge in [0.05, 0.1) is 18.9 Å². The number of carbonyl (C=O) groups is 3. The summed E-state index contributed by atoms with van der Waals surface area (Å²) < 4.78 is 0. The molecule has 0 spiro atoms. The fourth-order valence-corrected chi connectivity index (χ4v) is 3.16. The predicted molar refractivity (Wildman–Crippen MR) is 93.0 cm³/mol. The number of fused-ring (bicyclic) bond motifs is 1. The Morgan fingerprint density at radius 1 is 1.12 bits per heavy atom. The lowest BCUT2D eigenvalue weighted by atomic mass is 10.0. The molecule has 25 heavy (non-hydrogen) atoms. The fourth-order valence-electron chi connectivity index (χ4n) is 3.16. The standard InChI is InChI=1S/C19H20N2O4/c22-17(10-14-6-3-5-13-4-1-2-7-16(13)14)20-11-18(23)21-9-8-15(12-21)19(24)25/h1-7,15H,8-12H2,(H,20,22)(H,24,25). The molecule has 2 aromatic carbocycles. The van der Waals surface area contributed by atoms with Crippen molar-refractivity contribution in [1.29, 1.82) is 0 Å². The quantitative estimate of drug-likeness (QED) is 0.862. The van der Waals surface area contributed by atoms with Crippen molar-refractivity contribution < 1.29 is 19.5 Å². The molecule has 6 heteroatoms. The SMILES string of the molecule is O=C(Cc1cccc2ccccc12)NCC(=O)N1CCC(C(=O)O)C1. The summed E-state index contributed by atoms with van der Waals surface area (Å²) in [4.78, 5) is 36.7. The Balaban J connectivity index is 1.54. The molecule has 0 bridgehead atoms. The monoisotopic (exact) mass is 340 g/mol. The van der Waals surface area contributed by atoms with E-state index in [0.29, 0.717) is 13.0 Å². The molecular weight excluding hydrogens is 320 g/mol. The minimum atomic E-state index is -0.879. The maximum Gasteiger partial charge on any atom is 0.308 e. The van der Waals surface area contributed by atoms with Gasteiger partial charge in [-0.1, -0.05) is 42.5 Å². The third kappa shape index (κ3) is 3.96. The lowest BCUT2D eigenvalue weighted by Gasteiger charge is -2.16. The van der Waals surface area contributed by atoms with Gasteiger partial charge < -0.3 is 15.3 Å². The Hall–Kier alpha value is -2.89. The number of aliphatic carboxylic acids is 1. The van der Waals surface area contributed by atoms with Crippen molar-refractivity contribution in [3.05, 3.63) is 48.0 Å². The molecular formula is C19H20N2O4. The van der Waals surface area contributed by atoms with Crippen molar-refractivity contribution in [2.24, 2.45) is 5.92 Å². The fraction of sp³-hybridized carbons (Fsp3) is 0.316. The van der Waals surface area contributed by atoms with Gasteiger partial charge in [0, 0.05) is 13.1 Å².